The molecule has 4 N–H and O–H groups in total. The first-order valence-electron chi connectivity index (χ1n) is 4.83. The average molecular weight is 264 g/mol. The van der Waals surface area contributed by atoms with Gasteiger partial charge in [-0.3, -0.25) is 0 Å². The van der Waals surface area contributed by atoms with Gasteiger partial charge in [0.05, 0.1) is 17.7 Å². The molecule has 0 unspecified atom stereocenters. The van der Waals surface area contributed by atoms with Crippen molar-refractivity contribution in [3.8, 4) is 5.75 Å². The summed E-state index contributed by atoms with van der Waals surface area (Å²) in [6, 6.07) is 2.56. The molecule has 0 aliphatic heterocycles. The summed E-state index contributed by atoms with van der Waals surface area (Å²) in [6.45, 7) is -0.423. The van der Waals surface area contributed by atoms with Crippen molar-refractivity contribution in [3.63, 3.8) is 0 Å². The zero-order valence-corrected chi connectivity index (χ0v) is 9.11. The van der Waals surface area contributed by atoms with Crippen molar-refractivity contribution in [2.24, 2.45) is 10.9 Å². The predicted octanol–water partition coefficient (Wildman–Crippen LogP) is 1.17. The minimum absolute atomic E-state index is 0.00708. The number of aliphatic hydroxyl groups excluding tert-OH is 1. The Morgan fingerprint density at radius 2 is 2.06 bits per heavy atom. The van der Waals surface area contributed by atoms with E-state index in [9.17, 15) is 13.2 Å². The molecule has 1 aromatic carbocycles. The van der Waals surface area contributed by atoms with Gasteiger partial charge in [-0.1, -0.05) is 5.16 Å². The number of oxime groups is 1. The molecule has 0 aliphatic carbocycles. The fourth-order valence-corrected chi connectivity index (χ4v) is 1.24. The van der Waals surface area contributed by atoms with Gasteiger partial charge in [0.2, 0.25) is 0 Å². The molecule has 0 atom stereocenters. The van der Waals surface area contributed by atoms with Gasteiger partial charge in [-0.25, -0.2) is 0 Å². The maximum atomic E-state index is 12.5. The molecule has 1 aromatic rings. The number of nitrogens with two attached hydrogens (primary N) is 1. The zero-order chi connectivity index (χ0) is 13.8. The Morgan fingerprint density at radius 1 is 1.39 bits per heavy atom. The van der Waals surface area contributed by atoms with Crippen LogP contribution in [0.5, 0.6) is 5.75 Å². The minimum atomic E-state index is -4.54. The molecule has 0 bridgehead atoms. The summed E-state index contributed by atoms with van der Waals surface area (Å²) in [7, 11) is 0. The zero-order valence-electron chi connectivity index (χ0n) is 9.11. The SMILES string of the molecule is N/C(=N\O)c1cc(C(F)(F)F)ccc1OCCO. The number of rotatable bonds is 4. The molecule has 8 heteroatoms. The number of halogens is 3. The van der Waals surface area contributed by atoms with Crippen LogP contribution in [0.4, 0.5) is 13.2 Å². The second kappa shape index (κ2) is 5.58. The van der Waals surface area contributed by atoms with Gasteiger partial charge >= 0.3 is 6.18 Å². The first kappa shape index (κ1) is 14.1. The van der Waals surface area contributed by atoms with Crippen LogP contribution in [0.3, 0.4) is 0 Å². The van der Waals surface area contributed by atoms with E-state index in [2.05, 4.69) is 5.16 Å². The van der Waals surface area contributed by atoms with Crippen LogP contribution in [0.2, 0.25) is 0 Å². The Kier molecular flexibility index (Phi) is 4.38. The van der Waals surface area contributed by atoms with Crippen molar-refractivity contribution >= 4 is 5.84 Å². The van der Waals surface area contributed by atoms with Crippen LogP contribution in [0, 0.1) is 0 Å². The van der Waals surface area contributed by atoms with Crippen molar-refractivity contribution < 1.29 is 28.2 Å². The van der Waals surface area contributed by atoms with Crippen molar-refractivity contribution in [3.05, 3.63) is 29.3 Å². The van der Waals surface area contributed by atoms with Crippen LogP contribution in [0.15, 0.2) is 23.4 Å². The van der Waals surface area contributed by atoms with E-state index in [-0.39, 0.29) is 24.5 Å². The maximum Gasteiger partial charge on any atom is 0.416 e. The number of nitrogens with zero attached hydrogens (tertiary/aromatic N) is 1. The molecule has 18 heavy (non-hydrogen) atoms. The normalized spacial score (nSPS) is 12.6. The fourth-order valence-electron chi connectivity index (χ4n) is 1.24. The number of hydrogen-bond acceptors (Lipinski definition) is 4. The average Bonchev–Trinajstić information content (AvgIpc) is 2.34. The van der Waals surface area contributed by atoms with E-state index in [0.29, 0.717) is 6.07 Å². The second-order valence-electron chi connectivity index (χ2n) is 3.27. The van der Waals surface area contributed by atoms with Gasteiger partial charge < -0.3 is 20.8 Å². The van der Waals surface area contributed by atoms with E-state index in [1.165, 1.54) is 0 Å². The first-order valence-corrected chi connectivity index (χ1v) is 4.83. The lowest BCUT2D eigenvalue weighted by molar-refractivity contribution is -0.137. The minimum Gasteiger partial charge on any atom is -0.490 e. The standard InChI is InChI=1S/C10H11F3N2O3/c11-10(12,13)6-1-2-8(18-4-3-16)7(5-6)9(14)15-17/h1-2,5,16-17H,3-4H2,(H2,14,15). The Bertz CT molecular complexity index is 446. The molecule has 0 amide bonds. The van der Waals surface area contributed by atoms with Crippen LogP contribution in [0.25, 0.3) is 0 Å². The van der Waals surface area contributed by atoms with Gasteiger partial charge in [-0.05, 0) is 18.2 Å². The van der Waals surface area contributed by atoms with Gasteiger partial charge in [0, 0.05) is 0 Å². The molecule has 0 saturated heterocycles. The summed E-state index contributed by atoms with van der Waals surface area (Å²) < 4.78 is 42.5. The lowest BCUT2D eigenvalue weighted by atomic mass is 10.1. The smallest absolute Gasteiger partial charge is 0.416 e. The van der Waals surface area contributed by atoms with Gasteiger partial charge in [0.15, 0.2) is 5.84 Å². The molecule has 0 spiro atoms. The van der Waals surface area contributed by atoms with Crippen LogP contribution >= 0.6 is 0 Å². The molecule has 0 heterocycles. The largest absolute Gasteiger partial charge is 0.490 e. The molecule has 0 aliphatic rings. The lowest BCUT2D eigenvalue weighted by Crippen LogP contribution is -2.17. The molecule has 0 aromatic heterocycles. The van der Waals surface area contributed by atoms with E-state index in [4.69, 9.17) is 20.8 Å². The van der Waals surface area contributed by atoms with Crippen molar-refractivity contribution in [2.45, 2.75) is 6.18 Å². The van der Waals surface area contributed by atoms with E-state index >= 15 is 0 Å². The molecular weight excluding hydrogens is 253 g/mol. The third-order valence-corrected chi connectivity index (χ3v) is 2.04. The summed E-state index contributed by atoms with van der Waals surface area (Å²) in [4.78, 5) is 0. The van der Waals surface area contributed by atoms with E-state index in [1.807, 2.05) is 0 Å². The van der Waals surface area contributed by atoms with Gasteiger partial charge in [0.25, 0.3) is 0 Å². The number of ether oxygens (including phenoxy) is 1. The van der Waals surface area contributed by atoms with E-state index < -0.39 is 17.6 Å². The summed E-state index contributed by atoms with van der Waals surface area (Å²) in [5.74, 6) is -0.513. The van der Waals surface area contributed by atoms with Gasteiger partial charge in [-0.2, -0.15) is 13.2 Å². The first-order chi connectivity index (χ1) is 8.40. The number of alkyl halides is 3. The highest BCUT2D eigenvalue weighted by Gasteiger charge is 2.31. The highest BCUT2D eigenvalue weighted by atomic mass is 19.4. The second-order valence-corrected chi connectivity index (χ2v) is 3.27. The fraction of sp³-hybridized carbons (Fsp3) is 0.300. The highest BCUT2D eigenvalue weighted by molar-refractivity contribution is 5.99. The Balaban J connectivity index is 3.21. The van der Waals surface area contributed by atoms with E-state index in [1.54, 1.807) is 0 Å². The number of amidine groups is 1. The number of benzene rings is 1. The molecule has 0 fully saturated rings. The highest BCUT2D eigenvalue weighted by Crippen LogP contribution is 2.32. The quantitative estimate of drug-likeness (QED) is 0.329. The Labute approximate surface area is 100 Å². The Morgan fingerprint density at radius 3 is 2.56 bits per heavy atom. The molecule has 0 saturated carbocycles. The topological polar surface area (TPSA) is 88.1 Å². The third-order valence-electron chi connectivity index (χ3n) is 2.04. The lowest BCUT2D eigenvalue weighted by Gasteiger charge is -2.13. The van der Waals surface area contributed by atoms with Crippen LogP contribution in [-0.2, 0) is 6.18 Å². The summed E-state index contributed by atoms with van der Waals surface area (Å²) in [5.41, 5.74) is 4.13. The van der Waals surface area contributed by atoms with E-state index in [0.717, 1.165) is 12.1 Å². The monoisotopic (exact) mass is 264 g/mol. The summed E-state index contributed by atoms with van der Waals surface area (Å²) in [6.07, 6.45) is -4.54. The molecule has 5 nitrogen and oxygen atoms in total. The van der Waals surface area contributed by atoms with Gasteiger partial charge in [-0.15, -0.1) is 0 Å². The van der Waals surface area contributed by atoms with Crippen LogP contribution in [0.1, 0.15) is 11.1 Å². The number of aliphatic hydroxyl groups is 1. The number of hydrogen-bond donors (Lipinski definition) is 3. The molecular formula is C10H11F3N2O3. The maximum absolute atomic E-state index is 12.5. The van der Waals surface area contributed by atoms with Crippen LogP contribution < -0.4 is 10.5 Å². The predicted molar refractivity (Wildman–Crippen MR) is 56.5 cm³/mol. The van der Waals surface area contributed by atoms with Crippen molar-refractivity contribution in [1.82, 2.24) is 0 Å². The summed E-state index contributed by atoms with van der Waals surface area (Å²) >= 11 is 0. The molecule has 0 radical (unpaired) electrons. The molecule has 100 valence electrons. The van der Waals surface area contributed by atoms with Gasteiger partial charge in [0.1, 0.15) is 12.4 Å². The van der Waals surface area contributed by atoms with Crippen molar-refractivity contribution in [1.29, 1.82) is 0 Å². The van der Waals surface area contributed by atoms with Crippen LogP contribution in [-0.4, -0.2) is 29.4 Å². The molecule has 1 rings (SSSR count). The summed E-state index contributed by atoms with van der Waals surface area (Å²) in [5, 5.41) is 19.7. The Hall–Kier alpha value is -1.96. The van der Waals surface area contributed by atoms with Crippen molar-refractivity contribution in [2.75, 3.05) is 13.2 Å². The third kappa shape index (κ3) is 3.27.